The van der Waals surface area contributed by atoms with Crippen LogP contribution < -0.4 is 5.32 Å². The summed E-state index contributed by atoms with van der Waals surface area (Å²) in [5, 5.41) is 3.52. The quantitative estimate of drug-likeness (QED) is 0.760. The SMILES string of the molecule is CCC1CC(N2C[C@H]3CNC[C@H]3C2)CCO1. The van der Waals surface area contributed by atoms with Gasteiger partial charge in [0.25, 0.3) is 0 Å². The second kappa shape index (κ2) is 4.63. The average Bonchev–Trinajstić information content (AvgIpc) is 2.89. The molecule has 3 aliphatic rings. The fraction of sp³-hybridized carbons (Fsp3) is 1.00. The van der Waals surface area contributed by atoms with Gasteiger partial charge in [0, 0.05) is 25.7 Å². The highest BCUT2D eigenvalue weighted by atomic mass is 16.5. The lowest BCUT2D eigenvalue weighted by atomic mass is 10.0. The molecule has 0 spiro atoms. The standard InChI is InChI=1S/C13H24N2O/c1-2-13-5-12(3-4-16-13)15-8-10-6-14-7-11(10)9-15/h10-14H,2-9H2,1H3/t10-,11+,12?,13?. The molecule has 3 rings (SSSR count). The van der Waals surface area contributed by atoms with Gasteiger partial charge in [-0.15, -0.1) is 0 Å². The zero-order valence-corrected chi connectivity index (χ0v) is 10.3. The Kier molecular flexibility index (Phi) is 3.18. The molecule has 3 aliphatic heterocycles. The lowest BCUT2D eigenvalue weighted by Gasteiger charge is -2.35. The molecule has 3 fully saturated rings. The molecule has 3 heterocycles. The van der Waals surface area contributed by atoms with E-state index in [1.54, 1.807) is 0 Å². The molecule has 0 aliphatic carbocycles. The van der Waals surface area contributed by atoms with Crippen molar-refractivity contribution in [1.82, 2.24) is 10.2 Å². The van der Waals surface area contributed by atoms with Gasteiger partial charge < -0.3 is 10.1 Å². The zero-order valence-electron chi connectivity index (χ0n) is 10.3. The highest BCUT2D eigenvalue weighted by molar-refractivity contribution is 4.94. The van der Waals surface area contributed by atoms with E-state index < -0.39 is 0 Å². The number of hydrogen-bond donors (Lipinski definition) is 1. The molecule has 3 saturated heterocycles. The summed E-state index contributed by atoms with van der Waals surface area (Å²) in [7, 11) is 0. The highest BCUT2D eigenvalue weighted by Gasteiger charge is 2.39. The molecule has 3 nitrogen and oxygen atoms in total. The minimum atomic E-state index is 0.525. The third-order valence-electron chi connectivity index (χ3n) is 4.73. The number of nitrogens with one attached hydrogen (secondary N) is 1. The van der Waals surface area contributed by atoms with Gasteiger partial charge in [0.05, 0.1) is 6.10 Å². The molecule has 1 N–H and O–H groups in total. The van der Waals surface area contributed by atoms with Crippen LogP contribution >= 0.6 is 0 Å². The summed E-state index contributed by atoms with van der Waals surface area (Å²) in [5.41, 5.74) is 0. The van der Waals surface area contributed by atoms with Crippen molar-refractivity contribution in [2.75, 3.05) is 32.8 Å². The van der Waals surface area contributed by atoms with Crippen LogP contribution in [0.3, 0.4) is 0 Å². The second-order valence-electron chi connectivity index (χ2n) is 5.71. The van der Waals surface area contributed by atoms with E-state index in [9.17, 15) is 0 Å². The van der Waals surface area contributed by atoms with Crippen LogP contribution in [0.15, 0.2) is 0 Å². The summed E-state index contributed by atoms with van der Waals surface area (Å²) in [6, 6.07) is 0.810. The number of fused-ring (bicyclic) bond motifs is 1. The monoisotopic (exact) mass is 224 g/mol. The first-order chi connectivity index (χ1) is 7.86. The molecule has 4 atom stereocenters. The van der Waals surface area contributed by atoms with Gasteiger partial charge in [0.15, 0.2) is 0 Å². The summed E-state index contributed by atoms with van der Waals surface area (Å²) in [6.45, 7) is 8.39. The van der Waals surface area contributed by atoms with E-state index >= 15 is 0 Å². The van der Waals surface area contributed by atoms with E-state index in [2.05, 4.69) is 17.1 Å². The Morgan fingerprint density at radius 3 is 2.69 bits per heavy atom. The normalized spacial score (nSPS) is 44.8. The Labute approximate surface area is 98.5 Å². The summed E-state index contributed by atoms with van der Waals surface area (Å²) in [5.74, 6) is 1.87. The topological polar surface area (TPSA) is 24.5 Å². The number of rotatable bonds is 2. The first-order valence-electron chi connectivity index (χ1n) is 6.93. The molecule has 0 aromatic heterocycles. The van der Waals surface area contributed by atoms with Gasteiger partial charge in [-0.05, 0) is 44.2 Å². The lowest BCUT2D eigenvalue weighted by Crippen LogP contribution is -2.42. The third kappa shape index (κ3) is 2.01. The van der Waals surface area contributed by atoms with Crippen molar-refractivity contribution in [1.29, 1.82) is 0 Å². The molecule has 92 valence electrons. The minimum absolute atomic E-state index is 0.525. The first kappa shape index (κ1) is 11.0. The van der Waals surface area contributed by atoms with Crippen LogP contribution in [-0.2, 0) is 4.74 Å². The largest absolute Gasteiger partial charge is 0.378 e. The van der Waals surface area contributed by atoms with E-state index in [-0.39, 0.29) is 0 Å². The fourth-order valence-electron chi connectivity index (χ4n) is 3.67. The molecular formula is C13H24N2O. The van der Waals surface area contributed by atoms with E-state index in [0.717, 1.165) is 24.5 Å². The molecule has 16 heavy (non-hydrogen) atoms. The van der Waals surface area contributed by atoms with Crippen LogP contribution in [0, 0.1) is 11.8 Å². The van der Waals surface area contributed by atoms with Crippen molar-refractivity contribution >= 4 is 0 Å². The van der Waals surface area contributed by atoms with Gasteiger partial charge in [0.1, 0.15) is 0 Å². The maximum atomic E-state index is 5.77. The predicted molar refractivity (Wildman–Crippen MR) is 64.5 cm³/mol. The van der Waals surface area contributed by atoms with Crippen molar-refractivity contribution < 1.29 is 4.74 Å². The molecule has 0 aromatic rings. The Morgan fingerprint density at radius 2 is 2.00 bits per heavy atom. The minimum Gasteiger partial charge on any atom is -0.378 e. The Balaban J connectivity index is 1.57. The van der Waals surface area contributed by atoms with Crippen molar-refractivity contribution in [3.63, 3.8) is 0 Å². The second-order valence-corrected chi connectivity index (χ2v) is 5.71. The molecular weight excluding hydrogens is 200 g/mol. The summed E-state index contributed by atoms with van der Waals surface area (Å²) >= 11 is 0. The van der Waals surface area contributed by atoms with Gasteiger partial charge >= 0.3 is 0 Å². The summed E-state index contributed by atoms with van der Waals surface area (Å²) < 4.78 is 5.77. The predicted octanol–water partition coefficient (Wildman–Crippen LogP) is 1.10. The van der Waals surface area contributed by atoms with Crippen molar-refractivity contribution in [2.24, 2.45) is 11.8 Å². The van der Waals surface area contributed by atoms with Crippen LogP contribution in [0.2, 0.25) is 0 Å². The molecule has 0 amide bonds. The van der Waals surface area contributed by atoms with Gasteiger partial charge in [-0.2, -0.15) is 0 Å². The van der Waals surface area contributed by atoms with Crippen LogP contribution in [-0.4, -0.2) is 49.8 Å². The Bertz CT molecular complexity index is 231. The fourth-order valence-corrected chi connectivity index (χ4v) is 3.67. The molecule has 0 saturated carbocycles. The zero-order chi connectivity index (χ0) is 11.0. The van der Waals surface area contributed by atoms with E-state index in [0.29, 0.717) is 6.10 Å². The first-order valence-corrected chi connectivity index (χ1v) is 6.93. The number of hydrogen-bond acceptors (Lipinski definition) is 3. The van der Waals surface area contributed by atoms with Crippen LogP contribution in [0.5, 0.6) is 0 Å². The number of ether oxygens (including phenoxy) is 1. The average molecular weight is 224 g/mol. The number of nitrogens with zero attached hydrogens (tertiary/aromatic N) is 1. The van der Waals surface area contributed by atoms with E-state index in [4.69, 9.17) is 4.74 Å². The van der Waals surface area contributed by atoms with E-state index in [1.807, 2.05) is 0 Å². The Hall–Kier alpha value is -0.120. The van der Waals surface area contributed by atoms with Gasteiger partial charge in [0.2, 0.25) is 0 Å². The smallest absolute Gasteiger partial charge is 0.0587 e. The summed E-state index contributed by atoms with van der Waals surface area (Å²) in [4.78, 5) is 2.75. The molecule has 0 aromatic carbocycles. The molecule has 2 unspecified atom stereocenters. The van der Waals surface area contributed by atoms with Gasteiger partial charge in [-0.1, -0.05) is 6.92 Å². The van der Waals surface area contributed by atoms with Gasteiger partial charge in [-0.3, -0.25) is 4.90 Å². The highest BCUT2D eigenvalue weighted by Crippen LogP contribution is 2.31. The number of likely N-dealkylation sites (tertiary alicyclic amines) is 1. The van der Waals surface area contributed by atoms with E-state index in [1.165, 1.54) is 45.4 Å². The van der Waals surface area contributed by atoms with Crippen LogP contribution in [0.4, 0.5) is 0 Å². The lowest BCUT2D eigenvalue weighted by molar-refractivity contribution is -0.0249. The Morgan fingerprint density at radius 1 is 1.25 bits per heavy atom. The molecule has 0 bridgehead atoms. The van der Waals surface area contributed by atoms with Gasteiger partial charge in [-0.25, -0.2) is 0 Å². The summed E-state index contributed by atoms with van der Waals surface area (Å²) in [6.07, 6.45) is 4.23. The van der Waals surface area contributed by atoms with Crippen molar-refractivity contribution in [3.05, 3.63) is 0 Å². The molecule has 0 radical (unpaired) electrons. The van der Waals surface area contributed by atoms with Crippen LogP contribution in [0.1, 0.15) is 26.2 Å². The maximum Gasteiger partial charge on any atom is 0.0587 e. The molecule has 3 heteroatoms. The van der Waals surface area contributed by atoms with Crippen molar-refractivity contribution in [2.45, 2.75) is 38.3 Å². The van der Waals surface area contributed by atoms with Crippen LogP contribution in [0.25, 0.3) is 0 Å². The van der Waals surface area contributed by atoms with Crippen molar-refractivity contribution in [3.8, 4) is 0 Å². The third-order valence-corrected chi connectivity index (χ3v) is 4.73. The maximum absolute atomic E-state index is 5.77.